The average Bonchev–Trinajstić information content (AvgIpc) is 3.61. The smallest absolute Gasteiger partial charge is 0.272 e. The molecular formula is C40H34N4O4S2. The molecule has 1 heterocycles. The highest BCUT2D eigenvalue weighted by molar-refractivity contribution is 8.00. The maximum absolute atomic E-state index is 13.7. The number of amides is 3. The molecule has 0 aliphatic carbocycles. The number of fused-ring (bicyclic) bond motifs is 1. The van der Waals surface area contributed by atoms with E-state index in [1.54, 1.807) is 54.6 Å². The number of benzene rings is 5. The second kappa shape index (κ2) is 16.1. The lowest BCUT2D eigenvalue weighted by atomic mass is 10.1. The zero-order chi connectivity index (χ0) is 34.9. The lowest BCUT2D eigenvalue weighted by molar-refractivity contribution is -0.115. The maximum atomic E-state index is 13.7. The van der Waals surface area contributed by atoms with Crippen molar-refractivity contribution in [2.24, 2.45) is 0 Å². The van der Waals surface area contributed by atoms with Crippen LogP contribution in [0.15, 0.2) is 137 Å². The van der Waals surface area contributed by atoms with Gasteiger partial charge in [-0.2, -0.15) is 0 Å². The fourth-order valence-corrected chi connectivity index (χ4v) is 6.76. The van der Waals surface area contributed by atoms with Crippen LogP contribution in [0.2, 0.25) is 0 Å². The van der Waals surface area contributed by atoms with Gasteiger partial charge in [-0.05, 0) is 73.2 Å². The number of thiazole rings is 1. The molecular weight excluding hydrogens is 665 g/mol. The maximum Gasteiger partial charge on any atom is 0.272 e. The quantitative estimate of drug-likeness (QED) is 0.0870. The van der Waals surface area contributed by atoms with Crippen molar-refractivity contribution in [3.05, 3.63) is 144 Å². The first-order chi connectivity index (χ1) is 24.4. The van der Waals surface area contributed by atoms with Crippen LogP contribution in [0.4, 0.5) is 10.8 Å². The number of nitrogens with one attached hydrogen (secondary N) is 3. The summed E-state index contributed by atoms with van der Waals surface area (Å²) in [4.78, 5) is 45.3. The predicted octanol–water partition coefficient (Wildman–Crippen LogP) is 8.89. The highest BCUT2D eigenvalue weighted by Crippen LogP contribution is 2.30. The van der Waals surface area contributed by atoms with Crippen molar-refractivity contribution < 1.29 is 19.1 Å². The highest BCUT2D eigenvalue weighted by Gasteiger charge is 2.19. The third-order valence-corrected chi connectivity index (χ3v) is 9.45. The molecule has 1 aromatic heterocycles. The van der Waals surface area contributed by atoms with E-state index < -0.39 is 17.1 Å². The van der Waals surface area contributed by atoms with Crippen LogP contribution in [-0.4, -0.2) is 34.6 Å². The summed E-state index contributed by atoms with van der Waals surface area (Å²) in [7, 11) is 0. The van der Waals surface area contributed by atoms with Crippen molar-refractivity contribution in [3.8, 4) is 17.0 Å². The molecule has 250 valence electrons. The zero-order valence-electron chi connectivity index (χ0n) is 27.4. The topological polar surface area (TPSA) is 109 Å². The van der Waals surface area contributed by atoms with Gasteiger partial charge in [0.15, 0.2) is 5.13 Å². The van der Waals surface area contributed by atoms with Crippen LogP contribution in [-0.2, 0) is 9.59 Å². The summed E-state index contributed by atoms with van der Waals surface area (Å²) in [5.74, 6) is -0.539. The Morgan fingerprint density at radius 2 is 1.60 bits per heavy atom. The highest BCUT2D eigenvalue weighted by atomic mass is 32.2. The Labute approximate surface area is 298 Å². The fraction of sp³-hybridized carbons (Fsp3) is 0.100. The number of rotatable bonds is 12. The summed E-state index contributed by atoms with van der Waals surface area (Å²) >= 11 is 2.73. The summed E-state index contributed by atoms with van der Waals surface area (Å²) in [5, 5.41) is 12.9. The Hall–Kier alpha value is -5.71. The van der Waals surface area contributed by atoms with Gasteiger partial charge in [0.25, 0.3) is 11.8 Å². The van der Waals surface area contributed by atoms with Gasteiger partial charge in [0, 0.05) is 32.7 Å². The first-order valence-electron chi connectivity index (χ1n) is 16.0. The van der Waals surface area contributed by atoms with E-state index in [1.165, 1.54) is 23.1 Å². The van der Waals surface area contributed by atoms with Crippen molar-refractivity contribution in [2.45, 2.75) is 24.0 Å². The summed E-state index contributed by atoms with van der Waals surface area (Å²) in [6, 6.07) is 37.5. The molecule has 5 aromatic carbocycles. The molecule has 1 unspecified atom stereocenters. The van der Waals surface area contributed by atoms with E-state index in [4.69, 9.17) is 4.74 Å². The standard InChI is InChI=1S/C40H34N4O4S2/c1-3-48-36-19-10-9-16-31(36)23-34(42-38(46)28-13-5-4-6-14-28)39(47)41-32-17-11-18-33(24-32)50-26(2)37(45)44-40-43-35(25-49-40)30-21-20-27-12-7-8-15-29(27)22-30/h4-26H,3H2,1-2H3,(H,41,47)(H,42,46)(H,43,44,45)/b34-23+. The van der Waals surface area contributed by atoms with E-state index in [0.717, 1.165) is 26.9 Å². The number of hydrogen-bond acceptors (Lipinski definition) is 7. The summed E-state index contributed by atoms with van der Waals surface area (Å²) in [6.45, 7) is 4.14. The lowest BCUT2D eigenvalue weighted by Crippen LogP contribution is -2.30. The molecule has 8 nitrogen and oxygen atoms in total. The molecule has 0 spiro atoms. The van der Waals surface area contributed by atoms with E-state index in [2.05, 4.69) is 45.2 Å². The van der Waals surface area contributed by atoms with Crippen LogP contribution in [0.25, 0.3) is 28.1 Å². The van der Waals surface area contributed by atoms with Crippen molar-refractivity contribution in [1.82, 2.24) is 10.3 Å². The Kier molecular flexibility index (Phi) is 11.0. The molecule has 3 amide bonds. The van der Waals surface area contributed by atoms with Gasteiger partial charge in [0.2, 0.25) is 5.91 Å². The third-order valence-electron chi connectivity index (χ3n) is 7.60. The largest absolute Gasteiger partial charge is 0.493 e. The molecule has 0 aliphatic rings. The van der Waals surface area contributed by atoms with Gasteiger partial charge in [0.05, 0.1) is 17.6 Å². The summed E-state index contributed by atoms with van der Waals surface area (Å²) in [5.41, 5.74) is 3.39. The Bertz CT molecular complexity index is 2180. The van der Waals surface area contributed by atoms with E-state index in [1.807, 2.05) is 67.8 Å². The molecule has 10 heteroatoms. The second-order valence-corrected chi connectivity index (χ2v) is 13.5. The van der Waals surface area contributed by atoms with E-state index in [0.29, 0.717) is 34.3 Å². The number of ether oxygens (including phenoxy) is 1. The Morgan fingerprint density at radius 3 is 2.42 bits per heavy atom. The van der Waals surface area contributed by atoms with Crippen molar-refractivity contribution in [1.29, 1.82) is 0 Å². The van der Waals surface area contributed by atoms with Crippen molar-refractivity contribution in [3.63, 3.8) is 0 Å². The zero-order valence-corrected chi connectivity index (χ0v) is 29.0. The molecule has 50 heavy (non-hydrogen) atoms. The second-order valence-electron chi connectivity index (χ2n) is 11.2. The molecule has 0 saturated carbocycles. The molecule has 0 aliphatic heterocycles. The summed E-state index contributed by atoms with van der Waals surface area (Å²) < 4.78 is 5.74. The number of carbonyl (C=O) groups is 3. The van der Waals surface area contributed by atoms with Gasteiger partial charge in [-0.15, -0.1) is 23.1 Å². The van der Waals surface area contributed by atoms with Crippen LogP contribution in [0.3, 0.4) is 0 Å². The van der Waals surface area contributed by atoms with E-state index >= 15 is 0 Å². The number of carbonyl (C=O) groups excluding carboxylic acids is 3. The number of anilines is 2. The molecule has 0 bridgehead atoms. The van der Waals surface area contributed by atoms with Crippen molar-refractivity contribution in [2.75, 3.05) is 17.2 Å². The number of hydrogen-bond donors (Lipinski definition) is 3. The molecule has 1 atom stereocenters. The molecule has 3 N–H and O–H groups in total. The summed E-state index contributed by atoms with van der Waals surface area (Å²) in [6.07, 6.45) is 1.59. The van der Waals surface area contributed by atoms with Gasteiger partial charge in [-0.1, -0.05) is 78.9 Å². The van der Waals surface area contributed by atoms with Crippen LogP contribution in [0.1, 0.15) is 29.8 Å². The Balaban J connectivity index is 1.13. The third kappa shape index (κ3) is 8.65. The van der Waals surface area contributed by atoms with Gasteiger partial charge in [-0.3, -0.25) is 14.4 Å². The minimum absolute atomic E-state index is 0.0447. The van der Waals surface area contributed by atoms with Gasteiger partial charge >= 0.3 is 0 Å². The molecule has 0 fully saturated rings. The van der Waals surface area contributed by atoms with Gasteiger partial charge < -0.3 is 20.7 Å². The van der Waals surface area contributed by atoms with Crippen LogP contribution in [0, 0.1) is 0 Å². The first kappa shape index (κ1) is 34.2. The molecule has 0 radical (unpaired) electrons. The van der Waals surface area contributed by atoms with Crippen LogP contribution >= 0.6 is 23.1 Å². The van der Waals surface area contributed by atoms with Crippen LogP contribution < -0.4 is 20.7 Å². The minimum Gasteiger partial charge on any atom is -0.493 e. The molecule has 6 aromatic rings. The average molecular weight is 699 g/mol. The van der Waals surface area contributed by atoms with Gasteiger partial charge in [0.1, 0.15) is 11.4 Å². The first-order valence-corrected chi connectivity index (χ1v) is 17.8. The fourth-order valence-electron chi connectivity index (χ4n) is 5.11. The predicted molar refractivity (Wildman–Crippen MR) is 204 cm³/mol. The molecule has 6 rings (SSSR count). The number of nitrogens with zero attached hydrogens (tertiary/aromatic N) is 1. The van der Waals surface area contributed by atoms with E-state index in [9.17, 15) is 14.4 Å². The minimum atomic E-state index is -0.514. The van der Waals surface area contributed by atoms with Crippen LogP contribution in [0.5, 0.6) is 5.75 Å². The number of para-hydroxylation sites is 1. The number of aromatic nitrogens is 1. The molecule has 0 saturated heterocycles. The lowest BCUT2D eigenvalue weighted by Gasteiger charge is -2.14. The SMILES string of the molecule is CCOc1ccccc1/C=C(/NC(=O)c1ccccc1)C(=O)Nc1cccc(SC(C)C(=O)Nc2nc(-c3ccc4ccccc4c3)cs2)c1. The van der Waals surface area contributed by atoms with Crippen molar-refractivity contribution >= 4 is 68.5 Å². The Morgan fingerprint density at radius 1 is 0.840 bits per heavy atom. The monoisotopic (exact) mass is 698 g/mol. The van der Waals surface area contributed by atoms with Gasteiger partial charge in [-0.25, -0.2) is 4.98 Å². The van der Waals surface area contributed by atoms with E-state index in [-0.39, 0.29) is 11.6 Å². The number of thioether (sulfide) groups is 1. The normalized spacial score (nSPS) is 11.8.